The summed E-state index contributed by atoms with van der Waals surface area (Å²) in [5, 5.41) is 8.07. The number of aromatic nitrogens is 2. The lowest BCUT2D eigenvalue weighted by Gasteiger charge is -2.05. The quantitative estimate of drug-likeness (QED) is 0.579. The number of Topliss-reactive ketones (excluding diaryl/α,β-unsaturated/α-hetero) is 1. The van der Waals surface area contributed by atoms with E-state index in [2.05, 4.69) is 26.1 Å². The van der Waals surface area contributed by atoms with Gasteiger partial charge in [-0.25, -0.2) is 0 Å². The van der Waals surface area contributed by atoms with Crippen molar-refractivity contribution in [1.82, 2.24) is 10.2 Å². The molecule has 1 heterocycles. The third-order valence-electron chi connectivity index (χ3n) is 3.62. The number of carbonyl (C=O) groups excluding carboxylic acids is 1. The number of benzene rings is 2. The molecule has 128 valence electrons. The van der Waals surface area contributed by atoms with E-state index in [0.29, 0.717) is 24.0 Å². The van der Waals surface area contributed by atoms with Crippen molar-refractivity contribution in [2.45, 2.75) is 26.4 Å². The second-order valence-corrected chi connectivity index (χ2v) is 6.47. The van der Waals surface area contributed by atoms with Crippen LogP contribution >= 0.6 is 15.9 Å². The summed E-state index contributed by atoms with van der Waals surface area (Å²) < 4.78 is 12.2. The molecule has 0 saturated carbocycles. The van der Waals surface area contributed by atoms with E-state index in [1.165, 1.54) is 0 Å². The molecule has 0 amide bonds. The van der Waals surface area contributed by atoms with Crippen LogP contribution in [0.4, 0.5) is 0 Å². The van der Waals surface area contributed by atoms with E-state index in [9.17, 15) is 4.79 Å². The first kappa shape index (κ1) is 17.4. The van der Waals surface area contributed by atoms with Crippen LogP contribution in [0.5, 0.6) is 5.75 Å². The summed E-state index contributed by atoms with van der Waals surface area (Å²) in [6, 6.07) is 15.3. The number of carbonyl (C=O) groups is 1. The Morgan fingerprint density at radius 3 is 2.60 bits per heavy atom. The number of aryl methyl sites for hydroxylation is 1. The molecule has 6 heteroatoms. The van der Waals surface area contributed by atoms with Crippen LogP contribution in [0.1, 0.15) is 24.8 Å². The van der Waals surface area contributed by atoms with Gasteiger partial charge < -0.3 is 13.9 Å². The van der Waals surface area contributed by atoms with Crippen molar-refractivity contribution in [3.63, 3.8) is 0 Å². The van der Waals surface area contributed by atoms with E-state index in [1.54, 1.807) is 6.92 Å². The van der Waals surface area contributed by atoms with E-state index in [-0.39, 0.29) is 12.4 Å². The van der Waals surface area contributed by atoms with Crippen LogP contribution in [-0.2, 0) is 17.8 Å². The minimum absolute atomic E-state index is 0.192. The van der Waals surface area contributed by atoms with Crippen LogP contribution in [-0.4, -0.2) is 16.0 Å². The van der Waals surface area contributed by atoms with Crippen LogP contribution in [0.25, 0.3) is 11.5 Å². The maximum atomic E-state index is 11.0. The second-order valence-electron chi connectivity index (χ2n) is 5.62. The van der Waals surface area contributed by atoms with E-state index in [1.807, 2.05) is 48.5 Å². The number of ether oxygens (including phenoxy) is 1. The molecule has 0 unspecified atom stereocenters. The summed E-state index contributed by atoms with van der Waals surface area (Å²) in [5.74, 6) is 1.77. The van der Waals surface area contributed by atoms with Gasteiger partial charge in [-0.05, 0) is 59.1 Å². The summed E-state index contributed by atoms with van der Waals surface area (Å²) in [4.78, 5) is 11.0. The Morgan fingerprint density at radius 2 is 1.88 bits per heavy atom. The van der Waals surface area contributed by atoms with E-state index >= 15 is 0 Å². The van der Waals surface area contributed by atoms with E-state index in [4.69, 9.17) is 9.15 Å². The lowest BCUT2D eigenvalue weighted by Crippen LogP contribution is -1.97. The minimum atomic E-state index is 0.192. The van der Waals surface area contributed by atoms with Crippen molar-refractivity contribution in [1.29, 1.82) is 0 Å². The van der Waals surface area contributed by atoms with Gasteiger partial charge in [0.15, 0.2) is 6.61 Å². The fourth-order valence-corrected chi connectivity index (χ4v) is 2.73. The average Bonchev–Trinajstić information content (AvgIpc) is 3.08. The SMILES string of the molecule is CC(=O)CCc1ccc(OCc2nnc(-c3ccccc3Br)o2)cc1. The molecule has 0 radical (unpaired) electrons. The normalized spacial score (nSPS) is 10.6. The van der Waals surface area contributed by atoms with Crippen molar-refractivity contribution in [3.8, 4) is 17.2 Å². The molecular weight excluding hydrogens is 384 g/mol. The molecule has 1 aromatic heterocycles. The standard InChI is InChI=1S/C19H17BrN2O3/c1-13(23)6-7-14-8-10-15(11-9-14)24-12-18-21-22-19(25-18)16-4-2-3-5-17(16)20/h2-5,8-11H,6-7,12H2,1H3. The van der Waals surface area contributed by atoms with Crippen molar-refractivity contribution in [2.75, 3.05) is 0 Å². The summed E-state index contributed by atoms with van der Waals surface area (Å²) in [6.07, 6.45) is 1.30. The van der Waals surface area contributed by atoms with Gasteiger partial charge in [-0.2, -0.15) is 0 Å². The highest BCUT2D eigenvalue weighted by Crippen LogP contribution is 2.26. The molecule has 5 nitrogen and oxygen atoms in total. The highest BCUT2D eigenvalue weighted by Gasteiger charge is 2.11. The van der Waals surface area contributed by atoms with Crippen molar-refractivity contribution < 1.29 is 13.9 Å². The van der Waals surface area contributed by atoms with Gasteiger partial charge in [-0.3, -0.25) is 0 Å². The molecular formula is C19H17BrN2O3. The van der Waals surface area contributed by atoms with Crippen LogP contribution < -0.4 is 4.74 Å². The zero-order chi connectivity index (χ0) is 17.6. The van der Waals surface area contributed by atoms with Crippen LogP contribution in [0.2, 0.25) is 0 Å². The third kappa shape index (κ3) is 4.76. The summed E-state index contributed by atoms with van der Waals surface area (Å²) in [5.41, 5.74) is 1.95. The van der Waals surface area contributed by atoms with Crippen LogP contribution in [0, 0.1) is 0 Å². The second kappa shape index (κ2) is 8.07. The lowest BCUT2D eigenvalue weighted by molar-refractivity contribution is -0.116. The van der Waals surface area contributed by atoms with E-state index in [0.717, 1.165) is 22.0 Å². The first-order valence-corrected chi connectivity index (χ1v) is 8.69. The van der Waals surface area contributed by atoms with Gasteiger partial charge in [0.25, 0.3) is 5.89 Å². The lowest BCUT2D eigenvalue weighted by atomic mass is 10.1. The van der Waals surface area contributed by atoms with Crippen LogP contribution in [0.3, 0.4) is 0 Å². The summed E-state index contributed by atoms with van der Waals surface area (Å²) in [6.45, 7) is 1.80. The maximum Gasteiger partial charge on any atom is 0.254 e. The fraction of sp³-hybridized carbons (Fsp3) is 0.211. The molecule has 0 fully saturated rings. The van der Waals surface area contributed by atoms with Crippen molar-refractivity contribution >= 4 is 21.7 Å². The number of hydrogen-bond acceptors (Lipinski definition) is 5. The summed E-state index contributed by atoms with van der Waals surface area (Å²) in [7, 11) is 0. The van der Waals surface area contributed by atoms with Crippen LogP contribution in [0.15, 0.2) is 57.4 Å². The highest BCUT2D eigenvalue weighted by molar-refractivity contribution is 9.10. The molecule has 0 bridgehead atoms. The van der Waals surface area contributed by atoms with Gasteiger partial charge in [0.1, 0.15) is 11.5 Å². The Morgan fingerprint density at radius 1 is 1.12 bits per heavy atom. The number of nitrogens with zero attached hydrogens (tertiary/aromatic N) is 2. The molecule has 25 heavy (non-hydrogen) atoms. The summed E-state index contributed by atoms with van der Waals surface area (Å²) >= 11 is 3.47. The smallest absolute Gasteiger partial charge is 0.254 e. The predicted molar refractivity (Wildman–Crippen MR) is 97.2 cm³/mol. The molecule has 0 aliphatic carbocycles. The average molecular weight is 401 g/mol. The molecule has 0 atom stereocenters. The maximum absolute atomic E-state index is 11.0. The Kier molecular flexibility index (Phi) is 5.60. The van der Waals surface area contributed by atoms with E-state index < -0.39 is 0 Å². The molecule has 0 spiro atoms. The zero-order valence-electron chi connectivity index (χ0n) is 13.7. The number of halogens is 1. The molecule has 0 saturated heterocycles. The van der Waals surface area contributed by atoms with Gasteiger partial charge in [0, 0.05) is 10.9 Å². The Bertz CT molecular complexity index is 859. The van der Waals surface area contributed by atoms with Gasteiger partial charge in [0.05, 0.1) is 5.56 Å². The minimum Gasteiger partial charge on any atom is -0.484 e. The zero-order valence-corrected chi connectivity index (χ0v) is 15.3. The number of ketones is 1. The topological polar surface area (TPSA) is 65.2 Å². The first-order valence-electron chi connectivity index (χ1n) is 7.90. The largest absolute Gasteiger partial charge is 0.484 e. The Labute approximate surface area is 154 Å². The number of rotatable bonds is 7. The third-order valence-corrected chi connectivity index (χ3v) is 4.31. The number of hydrogen-bond donors (Lipinski definition) is 0. The molecule has 3 aromatic rings. The Balaban J connectivity index is 1.59. The highest BCUT2D eigenvalue weighted by atomic mass is 79.9. The molecule has 0 aliphatic rings. The van der Waals surface area contributed by atoms with Gasteiger partial charge in [-0.15, -0.1) is 10.2 Å². The molecule has 3 rings (SSSR count). The predicted octanol–water partition coefficient (Wildman–Crippen LogP) is 4.60. The van der Waals surface area contributed by atoms with Crippen molar-refractivity contribution in [2.24, 2.45) is 0 Å². The van der Waals surface area contributed by atoms with Gasteiger partial charge in [-0.1, -0.05) is 24.3 Å². The monoisotopic (exact) mass is 400 g/mol. The van der Waals surface area contributed by atoms with Crippen molar-refractivity contribution in [3.05, 3.63) is 64.5 Å². The Hall–Kier alpha value is -2.47. The molecule has 2 aromatic carbocycles. The van der Waals surface area contributed by atoms with Gasteiger partial charge in [0.2, 0.25) is 5.89 Å². The first-order chi connectivity index (χ1) is 12.1. The fourth-order valence-electron chi connectivity index (χ4n) is 2.27. The van der Waals surface area contributed by atoms with Gasteiger partial charge >= 0.3 is 0 Å². The molecule has 0 aliphatic heterocycles. The molecule has 0 N–H and O–H groups in total.